The van der Waals surface area contributed by atoms with Crippen molar-refractivity contribution in [1.29, 1.82) is 0 Å². The molecule has 1 amide bonds. The van der Waals surface area contributed by atoms with Crippen LogP contribution >= 0.6 is 22.9 Å². The number of para-hydroxylation sites is 2. The van der Waals surface area contributed by atoms with E-state index < -0.39 is 0 Å². The molecule has 2 aromatic carbocycles. The van der Waals surface area contributed by atoms with Gasteiger partial charge in [-0.1, -0.05) is 53.3 Å². The van der Waals surface area contributed by atoms with E-state index in [-0.39, 0.29) is 5.91 Å². The molecule has 0 saturated carbocycles. The molecule has 4 N–H and O–H groups in total. The van der Waals surface area contributed by atoms with Crippen LogP contribution in [0.3, 0.4) is 0 Å². The van der Waals surface area contributed by atoms with Crippen LogP contribution in [0.5, 0.6) is 0 Å². The van der Waals surface area contributed by atoms with E-state index in [1.54, 1.807) is 12.1 Å². The van der Waals surface area contributed by atoms with Gasteiger partial charge in [0.2, 0.25) is 0 Å². The first-order valence-electron chi connectivity index (χ1n) is 7.24. The molecule has 0 aliphatic carbocycles. The monoisotopic (exact) mass is 358 g/mol. The molecule has 0 aliphatic heterocycles. The van der Waals surface area contributed by atoms with Crippen LogP contribution in [0.4, 0.5) is 16.5 Å². The summed E-state index contributed by atoms with van der Waals surface area (Å²) in [6.45, 7) is 0.291. The maximum Gasteiger partial charge on any atom is 0.267 e. The summed E-state index contributed by atoms with van der Waals surface area (Å²) in [6.07, 6.45) is 1.53. The number of rotatable bonds is 5. The summed E-state index contributed by atoms with van der Waals surface area (Å²) in [4.78, 5) is 17.1. The van der Waals surface area contributed by atoms with E-state index >= 15 is 0 Å². The Kier molecular flexibility index (Phi) is 5.10. The first kappa shape index (κ1) is 16.4. The van der Waals surface area contributed by atoms with Crippen molar-refractivity contribution in [3.05, 3.63) is 70.2 Å². The summed E-state index contributed by atoms with van der Waals surface area (Å²) in [5.41, 5.74) is 7.93. The lowest BCUT2D eigenvalue weighted by atomic mass is 10.1. The highest BCUT2D eigenvalue weighted by Gasteiger charge is 2.14. The predicted molar refractivity (Wildman–Crippen MR) is 99.1 cm³/mol. The van der Waals surface area contributed by atoms with Gasteiger partial charge in [0.15, 0.2) is 5.13 Å². The van der Waals surface area contributed by atoms with Gasteiger partial charge in [-0.3, -0.25) is 4.79 Å². The predicted octanol–water partition coefficient (Wildman–Crippen LogP) is 4.25. The van der Waals surface area contributed by atoms with Gasteiger partial charge in [-0.05, 0) is 23.8 Å². The van der Waals surface area contributed by atoms with Crippen LogP contribution in [0.1, 0.15) is 15.2 Å². The summed E-state index contributed by atoms with van der Waals surface area (Å²) in [6, 6.07) is 15.0. The normalized spacial score (nSPS) is 10.4. The van der Waals surface area contributed by atoms with Crippen LogP contribution in [0, 0.1) is 0 Å². The number of aromatic nitrogens is 1. The van der Waals surface area contributed by atoms with E-state index in [4.69, 9.17) is 17.3 Å². The highest BCUT2D eigenvalue weighted by atomic mass is 35.5. The van der Waals surface area contributed by atoms with Gasteiger partial charge in [-0.25, -0.2) is 4.98 Å². The van der Waals surface area contributed by atoms with Gasteiger partial charge in [0.25, 0.3) is 5.91 Å². The van der Waals surface area contributed by atoms with Crippen LogP contribution in [0.2, 0.25) is 5.02 Å². The average molecular weight is 359 g/mol. The Morgan fingerprint density at radius 3 is 2.71 bits per heavy atom. The fraction of sp³-hybridized carbons (Fsp3) is 0.0588. The Morgan fingerprint density at radius 1 is 1.17 bits per heavy atom. The zero-order chi connectivity index (χ0) is 16.9. The lowest BCUT2D eigenvalue weighted by Crippen LogP contribution is -2.13. The highest BCUT2D eigenvalue weighted by Crippen LogP contribution is 2.28. The van der Waals surface area contributed by atoms with Crippen molar-refractivity contribution in [2.45, 2.75) is 6.54 Å². The number of amides is 1. The minimum Gasteiger partial charge on any atom is -0.332 e. The molecule has 0 unspecified atom stereocenters. The van der Waals surface area contributed by atoms with Crippen molar-refractivity contribution in [2.75, 3.05) is 10.6 Å². The number of nitrogens with two attached hydrogens (primary N) is 1. The summed E-state index contributed by atoms with van der Waals surface area (Å²) in [5, 5.41) is 7.07. The number of nitrogens with one attached hydrogen (secondary N) is 2. The van der Waals surface area contributed by atoms with Crippen molar-refractivity contribution in [3.63, 3.8) is 0 Å². The first-order valence-corrected chi connectivity index (χ1v) is 8.43. The van der Waals surface area contributed by atoms with Crippen molar-refractivity contribution in [3.8, 4) is 0 Å². The first-order chi connectivity index (χ1) is 11.7. The molecule has 1 heterocycles. The number of carbonyl (C=O) groups excluding carboxylic acids is 1. The van der Waals surface area contributed by atoms with Gasteiger partial charge < -0.3 is 16.4 Å². The number of thiazole rings is 1. The van der Waals surface area contributed by atoms with E-state index in [1.165, 1.54) is 17.5 Å². The third-order valence-electron chi connectivity index (χ3n) is 3.31. The Morgan fingerprint density at radius 2 is 1.96 bits per heavy atom. The maximum atomic E-state index is 12.4. The number of carbonyl (C=O) groups is 1. The van der Waals surface area contributed by atoms with Crippen molar-refractivity contribution in [1.82, 2.24) is 4.98 Å². The molecule has 0 radical (unpaired) electrons. The number of halogens is 1. The summed E-state index contributed by atoms with van der Waals surface area (Å²) < 4.78 is 0. The zero-order valence-corrected chi connectivity index (χ0v) is 14.2. The molecule has 3 aromatic rings. The SMILES string of the molecule is NCc1cccc(Cl)c1NC(=O)c1cnc(Nc2ccccc2)s1. The molecule has 3 rings (SSSR count). The Bertz CT molecular complexity index is 851. The molecule has 24 heavy (non-hydrogen) atoms. The standard InChI is InChI=1S/C17H15ClN4OS/c18-13-8-4-5-11(9-19)15(13)22-16(23)14-10-20-17(24-14)21-12-6-2-1-3-7-12/h1-8,10H,9,19H2,(H,20,21)(H,22,23). The Labute approximate surface area is 148 Å². The van der Waals surface area contributed by atoms with Crippen LogP contribution < -0.4 is 16.4 Å². The molecule has 0 aliphatic rings. The van der Waals surface area contributed by atoms with Crippen molar-refractivity contribution < 1.29 is 4.79 Å². The quantitative estimate of drug-likeness (QED) is 0.637. The molecule has 0 bridgehead atoms. The van der Waals surface area contributed by atoms with E-state index in [0.29, 0.717) is 27.3 Å². The number of nitrogens with zero attached hydrogens (tertiary/aromatic N) is 1. The van der Waals surface area contributed by atoms with Crippen LogP contribution in [0.25, 0.3) is 0 Å². The van der Waals surface area contributed by atoms with Crippen LogP contribution in [-0.4, -0.2) is 10.9 Å². The molecule has 0 saturated heterocycles. The summed E-state index contributed by atoms with van der Waals surface area (Å²) >= 11 is 7.42. The number of benzene rings is 2. The van der Waals surface area contributed by atoms with Crippen molar-refractivity contribution in [2.24, 2.45) is 5.73 Å². The van der Waals surface area contributed by atoms with Gasteiger partial charge in [-0.15, -0.1) is 0 Å². The van der Waals surface area contributed by atoms with Gasteiger partial charge in [0.1, 0.15) is 4.88 Å². The number of hydrogen-bond donors (Lipinski definition) is 3. The van der Waals surface area contributed by atoms with Gasteiger partial charge in [-0.2, -0.15) is 0 Å². The largest absolute Gasteiger partial charge is 0.332 e. The van der Waals surface area contributed by atoms with Crippen LogP contribution in [-0.2, 0) is 6.54 Å². The van der Waals surface area contributed by atoms with Gasteiger partial charge in [0.05, 0.1) is 16.9 Å². The molecule has 122 valence electrons. The van der Waals surface area contributed by atoms with E-state index in [9.17, 15) is 4.79 Å². The molecule has 7 heteroatoms. The Balaban J connectivity index is 1.75. The minimum atomic E-state index is -0.267. The van der Waals surface area contributed by atoms with E-state index in [1.807, 2.05) is 36.4 Å². The average Bonchev–Trinajstić information content (AvgIpc) is 3.06. The van der Waals surface area contributed by atoms with E-state index in [2.05, 4.69) is 15.6 Å². The molecule has 0 spiro atoms. The number of hydrogen-bond acceptors (Lipinski definition) is 5. The number of anilines is 3. The second-order valence-corrected chi connectivity index (χ2v) is 6.39. The van der Waals surface area contributed by atoms with Gasteiger partial charge in [0, 0.05) is 12.2 Å². The van der Waals surface area contributed by atoms with E-state index in [0.717, 1.165) is 11.3 Å². The molecular weight excluding hydrogens is 344 g/mol. The lowest BCUT2D eigenvalue weighted by Gasteiger charge is -2.10. The molecular formula is C17H15ClN4OS. The topological polar surface area (TPSA) is 80.0 Å². The summed E-state index contributed by atoms with van der Waals surface area (Å²) in [5.74, 6) is -0.267. The third-order valence-corrected chi connectivity index (χ3v) is 4.54. The maximum absolute atomic E-state index is 12.4. The molecule has 5 nitrogen and oxygen atoms in total. The molecule has 0 fully saturated rings. The minimum absolute atomic E-state index is 0.267. The molecule has 0 atom stereocenters. The Hall–Kier alpha value is -2.41. The van der Waals surface area contributed by atoms with Crippen molar-refractivity contribution >= 4 is 45.4 Å². The second-order valence-electron chi connectivity index (χ2n) is 4.95. The summed E-state index contributed by atoms with van der Waals surface area (Å²) in [7, 11) is 0. The lowest BCUT2D eigenvalue weighted by molar-refractivity contribution is 0.103. The fourth-order valence-electron chi connectivity index (χ4n) is 2.14. The third kappa shape index (κ3) is 3.73. The smallest absolute Gasteiger partial charge is 0.267 e. The fourth-order valence-corrected chi connectivity index (χ4v) is 3.11. The molecule has 1 aromatic heterocycles. The van der Waals surface area contributed by atoms with Gasteiger partial charge >= 0.3 is 0 Å². The zero-order valence-electron chi connectivity index (χ0n) is 12.6. The second kappa shape index (κ2) is 7.44. The highest BCUT2D eigenvalue weighted by molar-refractivity contribution is 7.17. The van der Waals surface area contributed by atoms with Crippen LogP contribution in [0.15, 0.2) is 54.7 Å².